The number of hydrogen-bond donors (Lipinski definition) is 7. The average molecular weight is 271 g/mol. The van der Waals surface area contributed by atoms with Gasteiger partial charge in [-0.15, -0.1) is 0 Å². The molecular weight excluding hydrogens is 263 g/mol. The molecule has 0 aromatic carbocycles. The van der Waals surface area contributed by atoms with E-state index in [-0.39, 0.29) is 0 Å². The summed E-state index contributed by atoms with van der Waals surface area (Å²) in [5.74, 6) is 0. The van der Waals surface area contributed by atoms with Crippen LogP contribution < -0.4 is 5.73 Å². The number of nitrogens with two attached hydrogens (primary N) is 1. The van der Waals surface area contributed by atoms with Crippen LogP contribution in [0, 0.1) is 0 Å². The van der Waals surface area contributed by atoms with Gasteiger partial charge in [0, 0.05) is 0 Å². The Labute approximate surface area is 77.2 Å². The molecule has 0 saturated carbocycles. The fourth-order valence-corrected chi connectivity index (χ4v) is 4.58. The van der Waals surface area contributed by atoms with Crippen LogP contribution in [-0.4, -0.2) is 34.1 Å². The lowest BCUT2D eigenvalue weighted by Crippen LogP contribution is -2.38. The fraction of sp³-hybridized carbons (Fsp3) is 1.00. The average Bonchev–Trinajstić information content (AvgIpc) is 1.77. The van der Waals surface area contributed by atoms with E-state index in [9.17, 15) is 13.7 Å². The van der Waals surface area contributed by atoms with Crippen LogP contribution in [0.2, 0.25) is 0 Å². The zero-order valence-corrected chi connectivity index (χ0v) is 9.01. The van der Waals surface area contributed by atoms with Crippen molar-refractivity contribution in [1.82, 2.24) is 0 Å². The summed E-state index contributed by atoms with van der Waals surface area (Å²) in [6.07, 6.45) is 0. The van der Waals surface area contributed by atoms with E-state index >= 15 is 0 Å². The Hall–Kier alpha value is 0.410. The first kappa shape index (κ1) is 14.4. The van der Waals surface area contributed by atoms with Crippen LogP contribution in [0.3, 0.4) is 0 Å². The van der Waals surface area contributed by atoms with Crippen LogP contribution in [0.5, 0.6) is 0 Å². The molecule has 0 heterocycles. The van der Waals surface area contributed by atoms with E-state index in [1.54, 1.807) is 0 Å². The Morgan fingerprint density at radius 3 is 0.857 bits per heavy atom. The molecule has 8 N–H and O–H groups in total. The van der Waals surface area contributed by atoms with Gasteiger partial charge in [0.25, 0.3) is 0 Å². The van der Waals surface area contributed by atoms with Gasteiger partial charge in [-0.05, 0) is 0 Å². The first-order valence-electron chi connectivity index (χ1n) is 2.71. The zero-order valence-electron chi connectivity index (χ0n) is 6.33. The van der Waals surface area contributed by atoms with Crippen molar-refractivity contribution in [3.8, 4) is 0 Å². The van der Waals surface area contributed by atoms with Crippen molar-refractivity contribution in [3.63, 3.8) is 0 Å². The third-order valence-corrected chi connectivity index (χ3v) is 8.55. The summed E-state index contributed by atoms with van der Waals surface area (Å²) < 4.78 is 27.4. The molecule has 0 unspecified atom stereocenters. The summed E-state index contributed by atoms with van der Waals surface area (Å²) in [6, 6.07) is 0. The Morgan fingerprint density at radius 2 is 0.857 bits per heavy atom. The summed E-state index contributed by atoms with van der Waals surface area (Å²) in [4.78, 5) is 50.5. The first-order valence-corrected chi connectivity index (χ1v) is 7.54. The first-order chi connectivity index (χ1) is 5.75. The number of rotatable bonds is 3. The molecule has 0 aliphatic rings. The lowest BCUT2D eigenvalue weighted by Gasteiger charge is -2.30. The molecule has 86 valence electrons. The maximum absolute atomic E-state index is 10.5. The van der Waals surface area contributed by atoms with Gasteiger partial charge in [0.15, 0.2) is 0 Å². The van der Waals surface area contributed by atoms with Gasteiger partial charge in [-0.2, -0.15) is 0 Å². The second kappa shape index (κ2) is 3.47. The van der Waals surface area contributed by atoms with Crippen molar-refractivity contribution in [2.75, 3.05) is 0 Å². The summed E-state index contributed by atoms with van der Waals surface area (Å²) in [6.45, 7) is 0. The van der Waals surface area contributed by atoms with Crippen LogP contribution in [0.1, 0.15) is 0 Å². The molecule has 14 heavy (non-hydrogen) atoms. The molecule has 0 aliphatic carbocycles. The van der Waals surface area contributed by atoms with Crippen molar-refractivity contribution in [2.24, 2.45) is 5.73 Å². The van der Waals surface area contributed by atoms with Crippen molar-refractivity contribution in [2.45, 2.75) is 4.76 Å². The van der Waals surface area contributed by atoms with E-state index in [2.05, 4.69) is 5.73 Å². The quantitative estimate of drug-likeness (QED) is 0.284. The molecule has 0 radical (unpaired) electrons. The van der Waals surface area contributed by atoms with Crippen molar-refractivity contribution >= 4 is 22.8 Å². The summed E-state index contributed by atoms with van der Waals surface area (Å²) in [5.41, 5.74) is 4.44. The highest BCUT2D eigenvalue weighted by Crippen LogP contribution is 2.79. The highest BCUT2D eigenvalue weighted by atomic mass is 31.3. The normalized spacial score (nSPS) is 15.6. The molecule has 0 aliphatic heterocycles. The molecule has 0 rings (SSSR count). The topological polar surface area (TPSA) is 199 Å². The second-order valence-corrected chi connectivity index (χ2v) is 8.76. The van der Waals surface area contributed by atoms with Gasteiger partial charge in [-0.3, -0.25) is 19.4 Å². The molecule has 0 aromatic heterocycles. The Bertz CT molecular complexity index is 299. The molecule has 0 saturated heterocycles. The van der Waals surface area contributed by atoms with E-state index < -0.39 is 27.5 Å². The third-order valence-electron chi connectivity index (χ3n) is 1.29. The van der Waals surface area contributed by atoms with E-state index in [1.807, 2.05) is 0 Å². The van der Waals surface area contributed by atoms with Crippen molar-refractivity contribution in [3.05, 3.63) is 0 Å². The van der Waals surface area contributed by atoms with Crippen LogP contribution in [-0.2, 0) is 13.7 Å². The Morgan fingerprint density at radius 1 is 0.714 bits per heavy atom. The maximum Gasteiger partial charge on any atom is 0.370 e. The van der Waals surface area contributed by atoms with Crippen LogP contribution >= 0.6 is 22.8 Å². The van der Waals surface area contributed by atoms with E-state index in [0.29, 0.717) is 0 Å². The van der Waals surface area contributed by atoms with Gasteiger partial charge in [-0.25, -0.2) is 0 Å². The summed E-state index contributed by atoms with van der Waals surface area (Å²) in [5, 5.41) is 0. The minimum absolute atomic E-state index is 4.19. The monoisotopic (exact) mass is 271 g/mol. The molecule has 13 heteroatoms. The largest absolute Gasteiger partial charge is 0.370 e. The van der Waals surface area contributed by atoms with Gasteiger partial charge in [-0.1, -0.05) is 0 Å². The molecule has 0 atom stereocenters. The minimum atomic E-state index is -5.88. The van der Waals surface area contributed by atoms with Crippen LogP contribution in [0.4, 0.5) is 0 Å². The Balaban J connectivity index is 5.95. The van der Waals surface area contributed by atoms with E-state index in [4.69, 9.17) is 29.4 Å². The van der Waals surface area contributed by atoms with Gasteiger partial charge in [0.2, 0.25) is 0 Å². The van der Waals surface area contributed by atoms with Crippen molar-refractivity contribution < 1.29 is 43.1 Å². The smallest absolute Gasteiger partial charge is 0.322 e. The van der Waals surface area contributed by atoms with Crippen LogP contribution in [0.25, 0.3) is 0 Å². The second-order valence-electron chi connectivity index (χ2n) is 2.32. The van der Waals surface area contributed by atoms with Gasteiger partial charge < -0.3 is 29.4 Å². The minimum Gasteiger partial charge on any atom is -0.322 e. The summed E-state index contributed by atoms with van der Waals surface area (Å²) >= 11 is 0. The highest BCUT2D eigenvalue weighted by Gasteiger charge is 2.69. The fourth-order valence-electron chi connectivity index (χ4n) is 0.509. The van der Waals surface area contributed by atoms with Crippen molar-refractivity contribution in [1.29, 1.82) is 0 Å². The van der Waals surface area contributed by atoms with Gasteiger partial charge in [0.05, 0.1) is 0 Å². The third kappa shape index (κ3) is 2.15. The predicted molar refractivity (Wildman–Crippen MR) is 43.1 cm³/mol. The maximum atomic E-state index is 10.5. The lowest BCUT2D eigenvalue weighted by atomic mass is 11.5. The molecule has 0 fully saturated rings. The highest BCUT2D eigenvalue weighted by molar-refractivity contribution is 7.88. The molecule has 0 spiro atoms. The molecule has 0 aromatic rings. The molecular formula is CH8NO9P3. The van der Waals surface area contributed by atoms with Gasteiger partial charge in [0.1, 0.15) is 0 Å². The van der Waals surface area contributed by atoms with E-state index in [0.717, 1.165) is 0 Å². The molecule has 0 amide bonds. The SMILES string of the molecule is NC(P(=O)(O)O)(P(=O)(O)O)P(=O)(O)O. The molecule has 10 nitrogen and oxygen atoms in total. The Kier molecular flexibility index (Phi) is 3.57. The van der Waals surface area contributed by atoms with Crippen LogP contribution in [0.15, 0.2) is 0 Å². The predicted octanol–water partition coefficient (Wildman–Crippen LogP) is -1.91. The standard InChI is InChI=1S/CH8NO9P3/c2-1(12(3,4)5,13(6,7)8)14(9,10)11/h2H2,(H2,3,4,5)(H2,6,7,8)(H2,9,10,11). The zero-order chi connectivity index (χ0) is 12.0. The lowest BCUT2D eigenvalue weighted by molar-refractivity contribution is 0.302. The van der Waals surface area contributed by atoms with Gasteiger partial charge >= 0.3 is 27.5 Å². The van der Waals surface area contributed by atoms with E-state index in [1.165, 1.54) is 0 Å². The summed E-state index contributed by atoms with van der Waals surface area (Å²) in [7, 11) is -17.6. The number of hydrogen-bond acceptors (Lipinski definition) is 4. The molecule has 0 bridgehead atoms.